The second-order valence-corrected chi connectivity index (χ2v) is 6.34. The molecule has 2 heteroatoms. The monoisotopic (exact) mass is 213 g/mol. The minimum Gasteiger partial charge on any atom is -0.396 e. The molecule has 0 aromatic rings. The lowest BCUT2D eigenvalue weighted by Crippen LogP contribution is -2.57. The predicted octanol–water partition coefficient (Wildman–Crippen LogP) is 2.37. The molecule has 1 atom stereocenters. The highest BCUT2D eigenvalue weighted by Crippen LogP contribution is 2.36. The molecule has 1 aliphatic heterocycles. The van der Waals surface area contributed by atoms with E-state index in [-0.39, 0.29) is 0 Å². The Labute approximate surface area is 94.7 Å². The molecule has 90 valence electrons. The second-order valence-electron chi connectivity index (χ2n) is 6.34. The fourth-order valence-corrected chi connectivity index (χ4v) is 2.40. The van der Waals surface area contributed by atoms with Gasteiger partial charge in [-0.15, -0.1) is 0 Å². The molecule has 0 aromatic carbocycles. The van der Waals surface area contributed by atoms with Gasteiger partial charge in [0.15, 0.2) is 0 Å². The van der Waals surface area contributed by atoms with Crippen molar-refractivity contribution in [2.75, 3.05) is 19.7 Å². The third-order valence-electron chi connectivity index (χ3n) is 3.80. The molecule has 0 bridgehead atoms. The van der Waals surface area contributed by atoms with E-state index in [1.54, 1.807) is 0 Å². The molecule has 0 amide bonds. The van der Waals surface area contributed by atoms with Gasteiger partial charge in [-0.05, 0) is 23.7 Å². The quantitative estimate of drug-likeness (QED) is 0.775. The molecule has 1 aliphatic rings. The number of nitrogens with zero attached hydrogens (tertiary/aromatic N) is 1. The highest BCUT2D eigenvalue weighted by Gasteiger charge is 2.39. The summed E-state index contributed by atoms with van der Waals surface area (Å²) in [4.78, 5) is 2.54. The van der Waals surface area contributed by atoms with Gasteiger partial charge in [0.05, 0.1) is 0 Å². The zero-order valence-electron chi connectivity index (χ0n) is 11.0. The first-order chi connectivity index (χ1) is 6.86. The molecule has 0 spiro atoms. The molecule has 1 heterocycles. The van der Waals surface area contributed by atoms with Crippen LogP contribution in [-0.4, -0.2) is 35.7 Å². The Morgan fingerprint density at radius 3 is 2.13 bits per heavy atom. The average molecular weight is 213 g/mol. The molecule has 1 saturated heterocycles. The predicted molar refractivity (Wildman–Crippen MR) is 64.8 cm³/mol. The van der Waals surface area contributed by atoms with Crippen LogP contribution in [0.15, 0.2) is 0 Å². The Morgan fingerprint density at radius 1 is 1.27 bits per heavy atom. The summed E-state index contributed by atoms with van der Waals surface area (Å²) < 4.78 is 0. The van der Waals surface area contributed by atoms with Crippen LogP contribution in [0.3, 0.4) is 0 Å². The molecule has 0 aromatic heterocycles. The van der Waals surface area contributed by atoms with Crippen LogP contribution < -0.4 is 0 Å². The van der Waals surface area contributed by atoms with Gasteiger partial charge in [-0.2, -0.15) is 0 Å². The van der Waals surface area contributed by atoms with Crippen molar-refractivity contribution in [3.8, 4) is 0 Å². The highest BCUT2D eigenvalue weighted by molar-refractivity contribution is 4.92. The van der Waals surface area contributed by atoms with Crippen LogP contribution in [0.2, 0.25) is 0 Å². The summed E-state index contributed by atoms with van der Waals surface area (Å²) in [5.41, 5.74) is 0.442. The van der Waals surface area contributed by atoms with Crippen LogP contribution in [0.1, 0.15) is 41.0 Å². The number of likely N-dealkylation sites (tertiary alicyclic amines) is 1. The lowest BCUT2D eigenvalue weighted by molar-refractivity contribution is -0.0274. The van der Waals surface area contributed by atoms with Gasteiger partial charge in [0, 0.05) is 25.7 Å². The molecular formula is C13H27NO. The van der Waals surface area contributed by atoms with Crippen molar-refractivity contribution in [1.82, 2.24) is 4.90 Å². The van der Waals surface area contributed by atoms with Crippen molar-refractivity contribution in [3.63, 3.8) is 0 Å². The first-order valence-corrected chi connectivity index (χ1v) is 6.21. The Bertz CT molecular complexity index is 189. The van der Waals surface area contributed by atoms with Crippen molar-refractivity contribution in [2.24, 2.45) is 17.3 Å². The third kappa shape index (κ3) is 3.18. The maximum absolute atomic E-state index is 9.05. The van der Waals surface area contributed by atoms with Crippen LogP contribution in [-0.2, 0) is 0 Å². The van der Waals surface area contributed by atoms with E-state index < -0.39 is 0 Å². The minimum atomic E-state index is 0.319. The lowest BCUT2D eigenvalue weighted by Gasteiger charge is -2.51. The first-order valence-electron chi connectivity index (χ1n) is 6.21. The number of hydrogen-bond donors (Lipinski definition) is 1. The summed E-state index contributed by atoms with van der Waals surface area (Å²) in [5, 5.41) is 9.05. The average Bonchev–Trinajstić information content (AvgIpc) is 1.97. The van der Waals surface area contributed by atoms with Crippen LogP contribution in [0.4, 0.5) is 0 Å². The van der Waals surface area contributed by atoms with Gasteiger partial charge in [0.2, 0.25) is 0 Å². The van der Waals surface area contributed by atoms with Crippen LogP contribution in [0.25, 0.3) is 0 Å². The van der Waals surface area contributed by atoms with E-state index in [2.05, 4.69) is 39.5 Å². The van der Waals surface area contributed by atoms with Gasteiger partial charge in [0.25, 0.3) is 0 Å². The lowest BCUT2D eigenvalue weighted by atomic mass is 9.74. The van der Waals surface area contributed by atoms with E-state index in [9.17, 15) is 0 Å². The maximum Gasteiger partial charge on any atom is 0.0446 e. The molecule has 1 unspecified atom stereocenters. The van der Waals surface area contributed by atoms with Crippen LogP contribution in [0.5, 0.6) is 0 Å². The van der Waals surface area contributed by atoms with Crippen molar-refractivity contribution < 1.29 is 5.11 Å². The molecule has 15 heavy (non-hydrogen) atoms. The van der Waals surface area contributed by atoms with E-state index in [4.69, 9.17) is 5.11 Å². The molecule has 0 saturated carbocycles. The van der Waals surface area contributed by atoms with Gasteiger partial charge in [-0.1, -0.05) is 34.6 Å². The zero-order chi connectivity index (χ0) is 11.6. The summed E-state index contributed by atoms with van der Waals surface area (Å²) in [5.74, 6) is 1.48. The van der Waals surface area contributed by atoms with E-state index in [0.29, 0.717) is 24.0 Å². The number of hydrogen-bond acceptors (Lipinski definition) is 2. The molecule has 0 aliphatic carbocycles. The fourth-order valence-electron chi connectivity index (χ4n) is 2.40. The Morgan fingerprint density at radius 2 is 1.80 bits per heavy atom. The van der Waals surface area contributed by atoms with Gasteiger partial charge < -0.3 is 5.11 Å². The van der Waals surface area contributed by atoms with Crippen molar-refractivity contribution in [3.05, 3.63) is 0 Å². The summed E-state index contributed by atoms with van der Waals surface area (Å²) in [6, 6.07) is 0.577. The molecule has 0 radical (unpaired) electrons. The zero-order valence-corrected chi connectivity index (χ0v) is 11.0. The smallest absolute Gasteiger partial charge is 0.0446 e. The Balaban J connectivity index is 2.41. The molecule has 1 fully saturated rings. The van der Waals surface area contributed by atoms with Gasteiger partial charge in [-0.25, -0.2) is 0 Å². The molecule has 1 rings (SSSR count). The largest absolute Gasteiger partial charge is 0.396 e. The number of aliphatic hydroxyl groups excluding tert-OH is 1. The SMILES string of the molecule is CC(C)C(CCO)N1CC(C(C)(C)C)C1. The number of aliphatic hydroxyl groups is 1. The third-order valence-corrected chi connectivity index (χ3v) is 3.80. The van der Waals surface area contributed by atoms with Gasteiger partial charge >= 0.3 is 0 Å². The van der Waals surface area contributed by atoms with E-state index in [1.807, 2.05) is 0 Å². The normalized spacial score (nSPS) is 21.8. The van der Waals surface area contributed by atoms with E-state index >= 15 is 0 Å². The van der Waals surface area contributed by atoms with E-state index in [1.165, 1.54) is 13.1 Å². The molecule has 1 N–H and O–H groups in total. The van der Waals surface area contributed by atoms with E-state index in [0.717, 1.165) is 12.3 Å². The standard InChI is InChI=1S/C13H27NO/c1-10(2)12(6-7-15)14-8-11(9-14)13(3,4)5/h10-12,15H,6-9H2,1-5H3. The summed E-state index contributed by atoms with van der Waals surface area (Å²) >= 11 is 0. The fraction of sp³-hybridized carbons (Fsp3) is 1.00. The summed E-state index contributed by atoms with van der Waals surface area (Å²) in [7, 11) is 0. The van der Waals surface area contributed by atoms with Crippen molar-refractivity contribution in [1.29, 1.82) is 0 Å². The highest BCUT2D eigenvalue weighted by atomic mass is 16.3. The van der Waals surface area contributed by atoms with Crippen molar-refractivity contribution >= 4 is 0 Å². The summed E-state index contributed by atoms with van der Waals surface area (Å²) in [6.07, 6.45) is 0.925. The first kappa shape index (κ1) is 13.0. The van der Waals surface area contributed by atoms with Crippen LogP contribution >= 0.6 is 0 Å². The second kappa shape index (κ2) is 4.84. The topological polar surface area (TPSA) is 23.5 Å². The minimum absolute atomic E-state index is 0.319. The number of rotatable bonds is 4. The van der Waals surface area contributed by atoms with Gasteiger partial charge in [-0.3, -0.25) is 4.90 Å². The van der Waals surface area contributed by atoms with Crippen molar-refractivity contribution in [2.45, 2.75) is 47.1 Å². The van der Waals surface area contributed by atoms with Gasteiger partial charge in [0.1, 0.15) is 0 Å². The Hall–Kier alpha value is -0.0800. The maximum atomic E-state index is 9.05. The molecule has 2 nitrogen and oxygen atoms in total. The summed E-state index contributed by atoms with van der Waals surface area (Å²) in [6.45, 7) is 14.2. The van der Waals surface area contributed by atoms with Crippen LogP contribution in [0, 0.1) is 17.3 Å². The molecular weight excluding hydrogens is 186 g/mol. The Kier molecular flexibility index (Phi) is 4.19.